The van der Waals surface area contributed by atoms with E-state index in [1.807, 2.05) is 0 Å². The van der Waals surface area contributed by atoms with Crippen molar-refractivity contribution >= 4 is 19.7 Å². The Morgan fingerprint density at radius 1 is 0.800 bits per heavy atom. The smallest absolute Gasteiger partial charge is 0.171 e. The van der Waals surface area contributed by atoms with Gasteiger partial charge >= 0.3 is 0 Å². The van der Waals surface area contributed by atoms with E-state index in [0.29, 0.717) is 6.42 Å². The fourth-order valence-electron chi connectivity index (χ4n) is 0.675. The van der Waals surface area contributed by atoms with Gasteiger partial charge in [-0.25, -0.2) is 16.8 Å². The Kier molecular flexibility index (Phi) is 5.82. The Morgan fingerprint density at radius 3 is 1.40 bits per heavy atom. The number of hydrogen-bond acceptors (Lipinski definition) is 4. The SMILES string of the molecule is CCS(=O)(=O)C=CCC=CS(=O)(=O)CC. The molecule has 0 aromatic heterocycles. The Balaban J connectivity index is 4.23. The van der Waals surface area contributed by atoms with Crippen LogP contribution in [-0.4, -0.2) is 28.3 Å². The Hall–Kier alpha value is -0.620. The molecular formula is C9H16O4S2. The van der Waals surface area contributed by atoms with E-state index >= 15 is 0 Å². The first-order valence-corrected chi connectivity index (χ1v) is 8.04. The second-order valence-corrected chi connectivity index (χ2v) is 7.23. The van der Waals surface area contributed by atoms with E-state index in [1.165, 1.54) is 12.2 Å². The van der Waals surface area contributed by atoms with Crippen LogP contribution in [0.5, 0.6) is 0 Å². The highest BCUT2D eigenvalue weighted by atomic mass is 32.2. The molecule has 0 unspecified atom stereocenters. The first kappa shape index (κ1) is 14.4. The third kappa shape index (κ3) is 7.33. The van der Waals surface area contributed by atoms with Gasteiger partial charge in [0.2, 0.25) is 0 Å². The largest absolute Gasteiger partial charge is 0.224 e. The molecule has 0 amide bonds. The molecule has 0 aliphatic rings. The molecule has 0 aromatic rings. The predicted molar refractivity (Wildman–Crippen MR) is 61.8 cm³/mol. The first-order chi connectivity index (χ1) is 6.83. The van der Waals surface area contributed by atoms with Crippen molar-refractivity contribution in [3.63, 3.8) is 0 Å². The van der Waals surface area contributed by atoms with Crippen molar-refractivity contribution in [1.82, 2.24) is 0 Å². The van der Waals surface area contributed by atoms with Gasteiger partial charge in [-0.1, -0.05) is 26.0 Å². The normalized spacial score (nSPS) is 14.0. The van der Waals surface area contributed by atoms with E-state index in [9.17, 15) is 16.8 Å². The van der Waals surface area contributed by atoms with Crippen LogP contribution in [0, 0.1) is 0 Å². The van der Waals surface area contributed by atoms with Gasteiger partial charge in [-0.2, -0.15) is 0 Å². The van der Waals surface area contributed by atoms with Crippen LogP contribution in [0.15, 0.2) is 23.0 Å². The standard InChI is InChI=1S/C9H16O4S2/c1-3-14(10,11)8-6-5-7-9-15(12,13)4-2/h6-9H,3-5H2,1-2H3. The Labute approximate surface area is 91.5 Å². The van der Waals surface area contributed by atoms with Crippen LogP contribution in [0.2, 0.25) is 0 Å². The molecule has 0 aliphatic carbocycles. The molecule has 0 heterocycles. The Morgan fingerprint density at radius 2 is 1.13 bits per heavy atom. The molecular weight excluding hydrogens is 236 g/mol. The van der Waals surface area contributed by atoms with Crippen LogP contribution in [-0.2, 0) is 19.7 Å². The van der Waals surface area contributed by atoms with E-state index < -0.39 is 19.7 Å². The van der Waals surface area contributed by atoms with Crippen molar-refractivity contribution in [3.8, 4) is 0 Å². The zero-order valence-electron chi connectivity index (χ0n) is 8.88. The zero-order chi connectivity index (χ0) is 11.9. The van der Waals surface area contributed by atoms with Crippen molar-refractivity contribution in [2.45, 2.75) is 20.3 Å². The van der Waals surface area contributed by atoms with E-state index in [4.69, 9.17) is 0 Å². The van der Waals surface area contributed by atoms with E-state index in [2.05, 4.69) is 0 Å². The molecule has 88 valence electrons. The van der Waals surface area contributed by atoms with Gasteiger partial charge in [0.05, 0.1) is 11.5 Å². The van der Waals surface area contributed by atoms with Gasteiger partial charge in [0.1, 0.15) is 0 Å². The molecule has 0 saturated carbocycles. The van der Waals surface area contributed by atoms with E-state index in [1.54, 1.807) is 13.8 Å². The summed E-state index contributed by atoms with van der Waals surface area (Å²) in [4.78, 5) is 0. The molecule has 6 heteroatoms. The highest BCUT2D eigenvalue weighted by Crippen LogP contribution is 1.97. The van der Waals surface area contributed by atoms with Crippen LogP contribution >= 0.6 is 0 Å². The van der Waals surface area contributed by atoms with Crippen LogP contribution in [0.3, 0.4) is 0 Å². The highest BCUT2D eigenvalue weighted by Gasteiger charge is 2.00. The summed E-state index contributed by atoms with van der Waals surface area (Å²) in [5.41, 5.74) is 0. The summed E-state index contributed by atoms with van der Waals surface area (Å²) >= 11 is 0. The minimum absolute atomic E-state index is 0.0560. The maximum absolute atomic E-state index is 11.0. The van der Waals surface area contributed by atoms with Crippen LogP contribution < -0.4 is 0 Å². The number of rotatable bonds is 6. The second-order valence-electron chi connectivity index (χ2n) is 2.88. The lowest BCUT2D eigenvalue weighted by atomic mass is 10.4. The molecule has 0 N–H and O–H groups in total. The molecule has 15 heavy (non-hydrogen) atoms. The summed E-state index contributed by atoms with van der Waals surface area (Å²) in [5.74, 6) is 0.112. The molecule has 0 aromatic carbocycles. The summed E-state index contributed by atoms with van der Waals surface area (Å²) < 4.78 is 43.9. The number of allylic oxidation sites excluding steroid dienone is 2. The number of sulfone groups is 2. The lowest BCUT2D eigenvalue weighted by Crippen LogP contribution is -1.97. The minimum Gasteiger partial charge on any atom is -0.224 e. The fourth-order valence-corrected chi connectivity index (χ4v) is 1.87. The highest BCUT2D eigenvalue weighted by molar-refractivity contribution is 7.94. The van der Waals surface area contributed by atoms with Gasteiger partial charge in [-0.05, 0) is 6.42 Å². The zero-order valence-corrected chi connectivity index (χ0v) is 10.5. The van der Waals surface area contributed by atoms with Crippen LogP contribution in [0.1, 0.15) is 20.3 Å². The van der Waals surface area contributed by atoms with Crippen molar-refractivity contribution in [3.05, 3.63) is 23.0 Å². The fraction of sp³-hybridized carbons (Fsp3) is 0.556. The van der Waals surface area contributed by atoms with E-state index in [-0.39, 0.29) is 11.5 Å². The predicted octanol–water partition coefficient (Wildman–Crippen LogP) is 1.27. The summed E-state index contributed by atoms with van der Waals surface area (Å²) in [6.45, 7) is 3.11. The third-order valence-corrected chi connectivity index (χ3v) is 4.51. The summed E-state index contributed by atoms with van der Waals surface area (Å²) in [5, 5.41) is 2.21. The maximum atomic E-state index is 11.0. The second kappa shape index (κ2) is 6.07. The molecule has 0 bridgehead atoms. The molecule has 0 aliphatic heterocycles. The van der Waals surface area contributed by atoms with E-state index in [0.717, 1.165) is 10.8 Å². The minimum atomic E-state index is -3.10. The lowest BCUT2D eigenvalue weighted by Gasteiger charge is -1.90. The average molecular weight is 252 g/mol. The number of hydrogen-bond donors (Lipinski definition) is 0. The van der Waals surface area contributed by atoms with Crippen molar-refractivity contribution in [2.24, 2.45) is 0 Å². The quantitative estimate of drug-likeness (QED) is 0.714. The Bertz CT molecular complexity index is 385. The van der Waals surface area contributed by atoms with Gasteiger partial charge in [0, 0.05) is 10.8 Å². The maximum Gasteiger partial charge on any atom is 0.171 e. The van der Waals surface area contributed by atoms with Gasteiger partial charge in [0.25, 0.3) is 0 Å². The summed E-state index contributed by atoms with van der Waals surface area (Å²) in [6, 6.07) is 0. The van der Waals surface area contributed by atoms with Crippen molar-refractivity contribution < 1.29 is 16.8 Å². The monoisotopic (exact) mass is 252 g/mol. The molecule has 0 fully saturated rings. The van der Waals surface area contributed by atoms with Crippen molar-refractivity contribution in [2.75, 3.05) is 11.5 Å². The third-order valence-electron chi connectivity index (χ3n) is 1.68. The van der Waals surface area contributed by atoms with Crippen molar-refractivity contribution in [1.29, 1.82) is 0 Å². The summed E-state index contributed by atoms with van der Waals surface area (Å²) in [6.07, 6.45) is 3.17. The molecule has 0 spiro atoms. The topological polar surface area (TPSA) is 68.3 Å². The van der Waals surface area contributed by atoms with Crippen LogP contribution in [0.25, 0.3) is 0 Å². The van der Waals surface area contributed by atoms with Gasteiger partial charge < -0.3 is 0 Å². The summed E-state index contributed by atoms with van der Waals surface area (Å²) in [7, 11) is -6.21. The van der Waals surface area contributed by atoms with Gasteiger partial charge in [-0.15, -0.1) is 0 Å². The van der Waals surface area contributed by atoms with Crippen LogP contribution in [0.4, 0.5) is 0 Å². The molecule has 0 atom stereocenters. The first-order valence-electron chi connectivity index (χ1n) is 4.61. The molecule has 4 nitrogen and oxygen atoms in total. The van der Waals surface area contributed by atoms with Gasteiger partial charge in [0.15, 0.2) is 19.7 Å². The molecule has 0 saturated heterocycles. The van der Waals surface area contributed by atoms with Gasteiger partial charge in [-0.3, -0.25) is 0 Å². The lowest BCUT2D eigenvalue weighted by molar-refractivity contribution is 0.604. The molecule has 0 rings (SSSR count). The molecule has 0 radical (unpaired) electrons. The average Bonchev–Trinajstić information content (AvgIpc) is 2.17.